The summed E-state index contributed by atoms with van der Waals surface area (Å²) in [4.78, 5) is 0. The van der Waals surface area contributed by atoms with Crippen LogP contribution < -0.4 is 10.1 Å². The molecule has 3 nitrogen and oxygen atoms in total. The average molecular weight is 263 g/mol. The van der Waals surface area contributed by atoms with Crippen LogP contribution >= 0.6 is 0 Å². The van der Waals surface area contributed by atoms with Crippen LogP contribution in [0, 0.1) is 0 Å². The second-order valence-corrected chi connectivity index (χ2v) is 5.48. The van der Waals surface area contributed by atoms with Gasteiger partial charge in [-0.05, 0) is 36.8 Å². The minimum atomic E-state index is 0.0393. The molecule has 0 amide bonds. The Morgan fingerprint density at radius 1 is 1.37 bits per heavy atom. The zero-order valence-corrected chi connectivity index (χ0v) is 11.9. The van der Waals surface area contributed by atoms with Crippen LogP contribution in [0.25, 0.3) is 0 Å². The molecule has 2 N–H and O–H groups in total. The third-order valence-electron chi connectivity index (χ3n) is 3.77. The molecule has 106 valence electrons. The molecule has 19 heavy (non-hydrogen) atoms. The first-order valence-corrected chi connectivity index (χ1v) is 7.33. The van der Waals surface area contributed by atoms with Crippen LogP contribution in [0.5, 0.6) is 5.75 Å². The van der Waals surface area contributed by atoms with E-state index in [9.17, 15) is 5.11 Å². The standard InChI is InChI=1S/C16H25NO2/c1-3-12(2)15-6-4-5-7-16(15)19-11-14(10-18)17-13-8-9-13/h4-7,12-14,17-18H,3,8-11H2,1-2H3. The number of rotatable bonds is 8. The molecule has 0 aliphatic heterocycles. The van der Waals surface area contributed by atoms with Crippen molar-refractivity contribution in [3.8, 4) is 5.75 Å². The molecule has 0 saturated heterocycles. The number of nitrogens with one attached hydrogen (secondary N) is 1. The summed E-state index contributed by atoms with van der Waals surface area (Å²) in [6, 6.07) is 8.84. The zero-order chi connectivity index (χ0) is 13.7. The molecule has 0 spiro atoms. The summed E-state index contributed by atoms with van der Waals surface area (Å²) < 4.78 is 5.92. The van der Waals surface area contributed by atoms with E-state index in [2.05, 4.69) is 31.3 Å². The van der Waals surface area contributed by atoms with Crippen molar-refractivity contribution < 1.29 is 9.84 Å². The van der Waals surface area contributed by atoms with Crippen LogP contribution in [0.2, 0.25) is 0 Å². The molecule has 0 heterocycles. The van der Waals surface area contributed by atoms with Gasteiger partial charge in [0.15, 0.2) is 0 Å². The fourth-order valence-corrected chi connectivity index (χ4v) is 2.17. The number of hydrogen-bond donors (Lipinski definition) is 2. The molecule has 3 heteroatoms. The second-order valence-electron chi connectivity index (χ2n) is 5.48. The van der Waals surface area contributed by atoms with Gasteiger partial charge in [-0.25, -0.2) is 0 Å². The van der Waals surface area contributed by atoms with Crippen LogP contribution in [0.15, 0.2) is 24.3 Å². The van der Waals surface area contributed by atoms with E-state index in [-0.39, 0.29) is 12.6 Å². The predicted molar refractivity (Wildman–Crippen MR) is 77.7 cm³/mol. The summed E-state index contributed by atoms with van der Waals surface area (Å²) in [6.45, 7) is 5.06. The molecule has 1 aromatic carbocycles. The summed E-state index contributed by atoms with van der Waals surface area (Å²) in [5.41, 5.74) is 1.26. The van der Waals surface area contributed by atoms with E-state index in [0.717, 1.165) is 12.2 Å². The van der Waals surface area contributed by atoms with E-state index in [1.165, 1.54) is 18.4 Å². The van der Waals surface area contributed by atoms with Crippen molar-refractivity contribution in [1.29, 1.82) is 0 Å². The van der Waals surface area contributed by atoms with Gasteiger partial charge in [0.2, 0.25) is 0 Å². The minimum absolute atomic E-state index is 0.0393. The summed E-state index contributed by atoms with van der Waals surface area (Å²) >= 11 is 0. The van der Waals surface area contributed by atoms with E-state index in [1.54, 1.807) is 0 Å². The first-order valence-electron chi connectivity index (χ1n) is 7.33. The van der Waals surface area contributed by atoms with Gasteiger partial charge in [-0.2, -0.15) is 0 Å². The summed E-state index contributed by atoms with van der Waals surface area (Å²) in [7, 11) is 0. The van der Waals surface area contributed by atoms with Gasteiger partial charge in [0, 0.05) is 6.04 Å². The van der Waals surface area contributed by atoms with E-state index < -0.39 is 0 Å². The Hall–Kier alpha value is -1.06. The third kappa shape index (κ3) is 4.22. The Balaban J connectivity index is 1.93. The molecule has 0 radical (unpaired) electrons. The largest absolute Gasteiger partial charge is 0.492 e. The number of benzene rings is 1. The maximum absolute atomic E-state index is 9.36. The van der Waals surface area contributed by atoms with Crippen molar-refractivity contribution in [1.82, 2.24) is 5.32 Å². The molecule has 0 bridgehead atoms. The van der Waals surface area contributed by atoms with Crippen LogP contribution in [-0.4, -0.2) is 30.4 Å². The summed E-state index contributed by atoms with van der Waals surface area (Å²) in [5, 5.41) is 12.8. The summed E-state index contributed by atoms with van der Waals surface area (Å²) in [5.74, 6) is 1.45. The number of aliphatic hydroxyl groups excluding tert-OH is 1. The monoisotopic (exact) mass is 263 g/mol. The SMILES string of the molecule is CCC(C)c1ccccc1OCC(CO)NC1CC1. The quantitative estimate of drug-likeness (QED) is 0.757. The second kappa shape index (κ2) is 6.92. The zero-order valence-electron chi connectivity index (χ0n) is 11.9. The average Bonchev–Trinajstić information content (AvgIpc) is 3.26. The van der Waals surface area contributed by atoms with Gasteiger partial charge in [0.25, 0.3) is 0 Å². The molecule has 0 aromatic heterocycles. The normalized spacial score (nSPS) is 18.1. The highest BCUT2D eigenvalue weighted by atomic mass is 16.5. The molecule has 2 atom stereocenters. The van der Waals surface area contributed by atoms with Crippen LogP contribution in [0.3, 0.4) is 0 Å². The Morgan fingerprint density at radius 3 is 2.74 bits per heavy atom. The highest BCUT2D eigenvalue weighted by Crippen LogP contribution is 2.28. The lowest BCUT2D eigenvalue weighted by Crippen LogP contribution is -2.39. The van der Waals surface area contributed by atoms with Gasteiger partial charge >= 0.3 is 0 Å². The van der Waals surface area contributed by atoms with Gasteiger partial charge in [-0.3, -0.25) is 0 Å². The molecular formula is C16H25NO2. The molecule has 1 aliphatic carbocycles. The summed E-state index contributed by atoms with van der Waals surface area (Å²) in [6.07, 6.45) is 3.55. The smallest absolute Gasteiger partial charge is 0.122 e. The first kappa shape index (κ1) is 14.4. The maximum Gasteiger partial charge on any atom is 0.122 e. The predicted octanol–water partition coefficient (Wildman–Crippen LogP) is 2.69. The lowest BCUT2D eigenvalue weighted by molar-refractivity contribution is 0.181. The maximum atomic E-state index is 9.36. The third-order valence-corrected chi connectivity index (χ3v) is 3.77. The van der Waals surface area contributed by atoms with Crippen LogP contribution in [-0.2, 0) is 0 Å². The highest BCUT2D eigenvalue weighted by molar-refractivity contribution is 5.35. The van der Waals surface area contributed by atoms with Crippen molar-refractivity contribution in [2.75, 3.05) is 13.2 Å². The van der Waals surface area contributed by atoms with E-state index in [0.29, 0.717) is 18.6 Å². The Labute approximate surface area is 116 Å². The Kier molecular flexibility index (Phi) is 5.23. The topological polar surface area (TPSA) is 41.5 Å². The lowest BCUT2D eigenvalue weighted by Gasteiger charge is -2.20. The molecule has 1 saturated carbocycles. The highest BCUT2D eigenvalue weighted by Gasteiger charge is 2.24. The molecule has 2 unspecified atom stereocenters. The van der Waals surface area contributed by atoms with Gasteiger partial charge in [0.1, 0.15) is 12.4 Å². The van der Waals surface area contributed by atoms with Crippen molar-refractivity contribution in [3.05, 3.63) is 29.8 Å². The molecule has 1 aromatic rings. The van der Waals surface area contributed by atoms with Crippen molar-refractivity contribution in [2.24, 2.45) is 0 Å². The van der Waals surface area contributed by atoms with E-state index >= 15 is 0 Å². The van der Waals surface area contributed by atoms with Crippen LogP contribution in [0.1, 0.15) is 44.6 Å². The van der Waals surface area contributed by atoms with E-state index in [1.807, 2.05) is 12.1 Å². The number of aliphatic hydroxyl groups is 1. The van der Waals surface area contributed by atoms with Gasteiger partial charge in [0.05, 0.1) is 12.6 Å². The van der Waals surface area contributed by atoms with E-state index in [4.69, 9.17) is 4.74 Å². The number of hydrogen-bond acceptors (Lipinski definition) is 3. The van der Waals surface area contributed by atoms with Crippen molar-refractivity contribution in [2.45, 2.75) is 51.1 Å². The van der Waals surface area contributed by atoms with Gasteiger partial charge in [-0.1, -0.05) is 32.0 Å². The molecule has 1 fully saturated rings. The molecular weight excluding hydrogens is 238 g/mol. The number of ether oxygens (including phenoxy) is 1. The Morgan fingerprint density at radius 2 is 2.11 bits per heavy atom. The molecule has 1 aliphatic rings. The fraction of sp³-hybridized carbons (Fsp3) is 0.625. The fourth-order valence-electron chi connectivity index (χ4n) is 2.17. The molecule has 2 rings (SSSR count). The van der Waals surface area contributed by atoms with Crippen molar-refractivity contribution in [3.63, 3.8) is 0 Å². The lowest BCUT2D eigenvalue weighted by atomic mass is 9.98. The van der Waals surface area contributed by atoms with Crippen molar-refractivity contribution >= 4 is 0 Å². The first-order chi connectivity index (χ1) is 9.24. The Bertz CT molecular complexity index is 390. The number of para-hydroxylation sites is 1. The van der Waals surface area contributed by atoms with Gasteiger partial charge in [-0.15, -0.1) is 0 Å². The van der Waals surface area contributed by atoms with Crippen LogP contribution in [0.4, 0.5) is 0 Å². The van der Waals surface area contributed by atoms with Gasteiger partial charge < -0.3 is 15.2 Å². The minimum Gasteiger partial charge on any atom is -0.492 e.